The average Bonchev–Trinajstić information content (AvgIpc) is 3.76. The summed E-state index contributed by atoms with van der Waals surface area (Å²) in [5, 5.41) is 16.9. The second kappa shape index (κ2) is 20.0. The Hall–Kier alpha value is -5.86. The van der Waals surface area contributed by atoms with Gasteiger partial charge in [0.1, 0.15) is 22.8 Å². The quantitative estimate of drug-likeness (QED) is 0.0713. The molecule has 4 heterocycles. The number of nitro benzene ring substituents is 1. The number of nitrogens with zero attached hydrogens (tertiary/aromatic N) is 6. The van der Waals surface area contributed by atoms with E-state index in [-0.39, 0.29) is 40.0 Å². The standard InChI is InChI=1S/C48H56ClN9O8S2/c1-32(30-56-21-23-67(63,24-22-56)53-33(2)59)52-43-12-10-40(27-44(43)58(61)62)68(64,65)54-47(60)41-11-9-38(26-45(41)66-39-25-35-14-16-50-46(35)51-29-39)57-19-17-55(18-20-57)31-36-13-15-48(3,4)28-42(36)34-5-7-37(49)8-6-34/h5-12,14,16,25-27,29,32,52H,13,15,17-24,28,30-31H2,1-4H3,(H,50,51)(H,54,60)/t32-/m0/s1. The highest BCUT2D eigenvalue weighted by Gasteiger charge is 2.31. The van der Waals surface area contributed by atoms with E-state index in [2.05, 4.69) is 60.1 Å². The molecule has 2 fully saturated rings. The molecule has 0 spiro atoms. The zero-order valence-corrected chi connectivity index (χ0v) is 40.9. The Morgan fingerprint density at radius 2 is 1.74 bits per heavy atom. The Kier molecular flexibility index (Phi) is 14.3. The maximum Gasteiger partial charge on any atom is 0.293 e. The third-order valence-corrected chi connectivity index (χ3v) is 16.5. The van der Waals surface area contributed by atoms with Gasteiger partial charge >= 0.3 is 0 Å². The number of sulfonamides is 1. The number of nitro groups is 1. The first-order valence-electron chi connectivity index (χ1n) is 22.6. The molecule has 20 heteroatoms. The van der Waals surface area contributed by atoms with Gasteiger partial charge in [-0.2, -0.15) is 4.36 Å². The lowest BCUT2D eigenvalue weighted by Gasteiger charge is -2.39. The van der Waals surface area contributed by atoms with Crippen LogP contribution in [0.3, 0.4) is 0 Å². The molecule has 3 aromatic carbocycles. The molecular weight excluding hydrogens is 930 g/mol. The summed E-state index contributed by atoms with van der Waals surface area (Å²) in [6, 6.07) is 19.8. The summed E-state index contributed by atoms with van der Waals surface area (Å²) in [5.41, 5.74) is 5.21. The number of piperazine rings is 1. The third kappa shape index (κ3) is 11.7. The lowest BCUT2D eigenvalue weighted by atomic mass is 9.72. The minimum Gasteiger partial charge on any atom is -0.455 e. The van der Waals surface area contributed by atoms with Crippen LogP contribution in [0.4, 0.5) is 17.1 Å². The van der Waals surface area contributed by atoms with Gasteiger partial charge in [-0.05, 0) is 91.3 Å². The highest BCUT2D eigenvalue weighted by atomic mass is 35.5. The first kappa shape index (κ1) is 48.6. The number of carbonyl (C=O) groups excluding carboxylic acids is 2. The third-order valence-electron chi connectivity index (χ3n) is 12.7. The molecular formula is C48H56ClN9O8S2. The molecule has 3 N–H and O–H groups in total. The molecule has 0 bridgehead atoms. The largest absolute Gasteiger partial charge is 0.455 e. The summed E-state index contributed by atoms with van der Waals surface area (Å²) in [7, 11) is -7.25. The maximum absolute atomic E-state index is 14.0. The molecule has 0 radical (unpaired) electrons. The Bertz CT molecular complexity index is 3000. The van der Waals surface area contributed by atoms with Gasteiger partial charge < -0.3 is 19.9 Å². The highest BCUT2D eigenvalue weighted by molar-refractivity contribution is 7.94. The number of fused-ring (bicyclic) bond motifs is 1. The van der Waals surface area contributed by atoms with Crippen LogP contribution in [0.1, 0.15) is 62.9 Å². The van der Waals surface area contributed by atoms with Crippen molar-refractivity contribution in [1.29, 1.82) is 0 Å². The normalized spacial score (nSPS) is 18.2. The van der Waals surface area contributed by atoms with Gasteiger partial charge in [-0.25, -0.2) is 22.3 Å². The van der Waals surface area contributed by atoms with Crippen molar-refractivity contribution in [3.8, 4) is 11.5 Å². The predicted octanol–water partition coefficient (Wildman–Crippen LogP) is 7.95. The summed E-state index contributed by atoms with van der Waals surface area (Å²) in [4.78, 5) is 50.7. The number of aromatic nitrogens is 2. The lowest BCUT2D eigenvalue weighted by Crippen LogP contribution is -2.47. The van der Waals surface area contributed by atoms with Gasteiger partial charge in [0.15, 0.2) is 0 Å². The number of nitrogens with one attached hydrogen (secondary N) is 3. The molecule has 68 heavy (non-hydrogen) atoms. The van der Waals surface area contributed by atoms with Crippen LogP contribution in [0.15, 0.2) is 100 Å². The van der Waals surface area contributed by atoms with Crippen LogP contribution < -0.4 is 19.7 Å². The van der Waals surface area contributed by atoms with Gasteiger partial charge in [-0.1, -0.05) is 43.2 Å². The van der Waals surface area contributed by atoms with Crippen LogP contribution in [0.2, 0.25) is 5.02 Å². The average molecular weight is 987 g/mol. The molecule has 5 aromatic rings. The number of ether oxygens (including phenoxy) is 1. The number of benzene rings is 3. The molecule has 2 amide bonds. The van der Waals surface area contributed by atoms with Crippen molar-refractivity contribution < 1.29 is 31.9 Å². The van der Waals surface area contributed by atoms with Crippen LogP contribution in [0, 0.1) is 15.5 Å². The van der Waals surface area contributed by atoms with Gasteiger partial charge in [0.05, 0.1) is 31.3 Å². The number of H-pyrrole nitrogens is 1. The lowest BCUT2D eigenvalue weighted by molar-refractivity contribution is -0.384. The van der Waals surface area contributed by atoms with E-state index in [4.69, 9.17) is 16.3 Å². The molecule has 0 saturated carbocycles. The van der Waals surface area contributed by atoms with Crippen LogP contribution in [0.25, 0.3) is 16.6 Å². The van der Waals surface area contributed by atoms with E-state index in [1.807, 2.05) is 30.0 Å². The predicted molar refractivity (Wildman–Crippen MR) is 266 cm³/mol. The van der Waals surface area contributed by atoms with Crippen molar-refractivity contribution in [2.24, 2.45) is 9.78 Å². The fourth-order valence-corrected chi connectivity index (χ4v) is 12.2. The van der Waals surface area contributed by atoms with Crippen LogP contribution in [-0.4, -0.2) is 119 Å². The zero-order valence-electron chi connectivity index (χ0n) is 38.5. The first-order chi connectivity index (χ1) is 32.3. The van der Waals surface area contributed by atoms with Crippen molar-refractivity contribution in [3.05, 3.63) is 117 Å². The summed E-state index contributed by atoms with van der Waals surface area (Å²) in [6.07, 6.45) is 6.41. The molecule has 360 valence electrons. The molecule has 3 aliphatic rings. The number of hydrogen-bond acceptors (Lipinski definition) is 13. The first-order valence-corrected chi connectivity index (χ1v) is 26.3. The molecule has 1 atom stereocenters. The number of pyridine rings is 1. The fraction of sp³-hybridized carbons (Fsp3) is 0.396. The summed E-state index contributed by atoms with van der Waals surface area (Å²) in [6.45, 7) is 12.9. The number of amides is 2. The molecule has 0 unspecified atom stereocenters. The second-order valence-electron chi connectivity index (χ2n) is 18.6. The number of rotatable bonds is 14. The molecule has 2 saturated heterocycles. The van der Waals surface area contributed by atoms with E-state index in [9.17, 15) is 32.3 Å². The van der Waals surface area contributed by atoms with Gasteiger partial charge in [-0.3, -0.25) is 29.5 Å². The molecule has 8 rings (SSSR count). The number of hydrogen-bond donors (Lipinski definition) is 3. The number of allylic oxidation sites excluding steroid dienone is 1. The number of carbonyl (C=O) groups is 2. The number of halogens is 1. The van der Waals surface area contributed by atoms with Crippen LogP contribution >= 0.6 is 11.6 Å². The molecule has 1 aliphatic carbocycles. The Balaban J connectivity index is 0.975. The Labute approximate surface area is 401 Å². The van der Waals surface area contributed by atoms with E-state index < -0.39 is 47.1 Å². The minimum atomic E-state index is -4.64. The highest BCUT2D eigenvalue weighted by Crippen LogP contribution is 2.43. The molecule has 17 nitrogen and oxygen atoms in total. The van der Waals surface area contributed by atoms with Crippen LogP contribution in [-0.2, 0) is 24.5 Å². The fourth-order valence-electron chi connectivity index (χ4n) is 9.13. The van der Waals surface area contributed by atoms with E-state index in [0.29, 0.717) is 44.1 Å². The number of aromatic amines is 1. The van der Waals surface area contributed by atoms with Crippen LogP contribution in [0.5, 0.6) is 11.5 Å². The second-order valence-corrected chi connectivity index (χ2v) is 23.2. The zero-order chi connectivity index (χ0) is 48.4. The van der Waals surface area contributed by atoms with Crippen molar-refractivity contribution in [3.63, 3.8) is 0 Å². The smallest absolute Gasteiger partial charge is 0.293 e. The van der Waals surface area contributed by atoms with Crippen molar-refractivity contribution in [1.82, 2.24) is 24.5 Å². The topological polar surface area (TPSA) is 213 Å². The Morgan fingerprint density at radius 1 is 1.00 bits per heavy atom. The molecule has 2 aliphatic heterocycles. The summed E-state index contributed by atoms with van der Waals surface area (Å²) >= 11 is 6.25. The monoisotopic (exact) mass is 985 g/mol. The summed E-state index contributed by atoms with van der Waals surface area (Å²) < 4.78 is 52.7. The van der Waals surface area contributed by atoms with Gasteiger partial charge in [0, 0.05) is 111 Å². The van der Waals surface area contributed by atoms with E-state index in [1.54, 1.807) is 24.4 Å². The van der Waals surface area contributed by atoms with E-state index in [1.165, 1.54) is 48.0 Å². The molecule has 2 aromatic heterocycles. The number of anilines is 2. The SMILES string of the molecule is CC(=O)N=S1(=O)CCN(C[C@H](C)Nc2ccc(S(=O)(=O)NC(=O)c3ccc(N4CCN(CC5=C(c6ccc(Cl)cc6)CC(C)(C)CC5)CC4)cc3Oc3cnc4[nH]ccc4c3)cc2[N+](=O)[O-])CC1. The Morgan fingerprint density at radius 3 is 2.44 bits per heavy atom. The minimum absolute atomic E-state index is 0.0721. The van der Waals surface area contributed by atoms with Gasteiger partial charge in [-0.15, -0.1) is 0 Å². The van der Waals surface area contributed by atoms with Crippen molar-refractivity contribution in [2.75, 3.05) is 74.1 Å². The van der Waals surface area contributed by atoms with Gasteiger partial charge in [0.25, 0.3) is 27.5 Å². The van der Waals surface area contributed by atoms with Gasteiger partial charge in [0.2, 0.25) is 0 Å². The van der Waals surface area contributed by atoms with Crippen molar-refractivity contribution in [2.45, 2.75) is 57.9 Å². The maximum atomic E-state index is 14.0. The van der Waals surface area contributed by atoms with E-state index >= 15 is 0 Å². The van der Waals surface area contributed by atoms with Crippen molar-refractivity contribution >= 4 is 76.8 Å². The summed E-state index contributed by atoms with van der Waals surface area (Å²) in [5.74, 6) is -0.569. The van der Waals surface area contributed by atoms with E-state index in [0.717, 1.165) is 61.1 Å².